The molecule has 0 spiro atoms. The van der Waals surface area contributed by atoms with Crippen LogP contribution in [0.3, 0.4) is 0 Å². The van der Waals surface area contributed by atoms with Crippen LogP contribution in [0, 0.1) is 0 Å². The number of aliphatic hydroxyl groups is 2. The van der Waals surface area contributed by atoms with Gasteiger partial charge in [-0.25, -0.2) is 0 Å². The maximum absolute atomic E-state index is 11.3. The van der Waals surface area contributed by atoms with Crippen LogP contribution in [0.2, 0.25) is 0 Å². The zero-order valence-electron chi connectivity index (χ0n) is 13.2. The first-order valence-electron chi connectivity index (χ1n) is 7.36. The summed E-state index contributed by atoms with van der Waals surface area (Å²) in [4.78, 5) is 12.9. The summed E-state index contributed by atoms with van der Waals surface area (Å²) in [7, 11) is 3.41. The molecule has 1 aliphatic rings. The number of aliphatic hydroxyl groups excluding tert-OH is 2. The van der Waals surface area contributed by atoms with Gasteiger partial charge in [-0.3, -0.25) is 4.79 Å². The van der Waals surface area contributed by atoms with Crippen LogP contribution in [0.4, 0.5) is 0 Å². The Kier molecular flexibility index (Phi) is 7.31. The van der Waals surface area contributed by atoms with Crippen LogP contribution in [-0.4, -0.2) is 65.8 Å². The van der Waals surface area contributed by atoms with Crippen molar-refractivity contribution in [2.75, 3.05) is 14.1 Å². The Morgan fingerprint density at radius 2 is 2.10 bits per heavy atom. The first-order valence-corrected chi connectivity index (χ1v) is 7.36. The van der Waals surface area contributed by atoms with Gasteiger partial charge in [0.1, 0.15) is 6.10 Å². The summed E-state index contributed by atoms with van der Waals surface area (Å²) < 4.78 is 11.1. The third-order valence-electron chi connectivity index (χ3n) is 3.50. The molecule has 1 amide bonds. The van der Waals surface area contributed by atoms with Crippen molar-refractivity contribution in [2.45, 2.75) is 63.8 Å². The monoisotopic (exact) mass is 301 g/mol. The average Bonchev–Trinajstić information content (AvgIpc) is 2.40. The number of ether oxygens (including phenoxy) is 2. The molecule has 0 bridgehead atoms. The Bertz CT molecular complexity index is 358. The second-order valence-electron chi connectivity index (χ2n) is 5.74. The average molecular weight is 301 g/mol. The third-order valence-corrected chi connectivity index (χ3v) is 3.50. The van der Waals surface area contributed by atoms with E-state index in [1.54, 1.807) is 21.0 Å². The van der Waals surface area contributed by atoms with Crippen LogP contribution in [0.15, 0.2) is 12.2 Å². The fraction of sp³-hybridized carbons (Fsp3) is 0.800. The molecular weight excluding hydrogens is 274 g/mol. The molecule has 122 valence electrons. The highest BCUT2D eigenvalue weighted by atomic mass is 16.7. The number of carbonyl (C=O) groups is 1. The van der Waals surface area contributed by atoms with E-state index in [1.807, 2.05) is 13.0 Å². The van der Waals surface area contributed by atoms with Crippen LogP contribution in [0.1, 0.15) is 33.1 Å². The standard InChI is InChI=1S/C15H27NO5/c1-10(7-5-6-8-14(19)16(3)4)20-15-13(18)9-12(17)11(2)21-15/h6,8,10-13,15,17-18H,5,7,9H2,1-4H3/b8-6+/t10-,11+,12?,13-,15?/m1/s1. The van der Waals surface area contributed by atoms with Gasteiger partial charge < -0.3 is 24.6 Å². The lowest BCUT2D eigenvalue weighted by atomic mass is 10.0. The predicted octanol–water partition coefficient (Wildman–Crippen LogP) is 0.673. The van der Waals surface area contributed by atoms with Crippen LogP contribution in [0.5, 0.6) is 0 Å². The number of nitrogens with zero attached hydrogens (tertiary/aromatic N) is 1. The number of hydrogen-bond acceptors (Lipinski definition) is 5. The van der Waals surface area contributed by atoms with Crippen molar-refractivity contribution >= 4 is 5.91 Å². The summed E-state index contributed by atoms with van der Waals surface area (Å²) in [6, 6.07) is 0. The lowest BCUT2D eigenvalue weighted by molar-refractivity contribution is -0.273. The normalized spacial score (nSPS) is 31.3. The van der Waals surface area contributed by atoms with E-state index in [1.165, 1.54) is 11.0 Å². The molecule has 1 saturated heterocycles. The highest BCUT2D eigenvalue weighted by Crippen LogP contribution is 2.22. The molecule has 5 atom stereocenters. The Balaban J connectivity index is 2.30. The molecule has 0 radical (unpaired) electrons. The third kappa shape index (κ3) is 6.13. The number of amides is 1. The van der Waals surface area contributed by atoms with E-state index in [4.69, 9.17) is 9.47 Å². The Morgan fingerprint density at radius 3 is 2.71 bits per heavy atom. The topological polar surface area (TPSA) is 79.2 Å². The molecule has 0 aromatic carbocycles. The van der Waals surface area contributed by atoms with Crippen LogP contribution in [0.25, 0.3) is 0 Å². The molecule has 1 rings (SSSR count). The van der Waals surface area contributed by atoms with E-state index in [-0.39, 0.29) is 24.5 Å². The van der Waals surface area contributed by atoms with Gasteiger partial charge in [0.2, 0.25) is 5.91 Å². The van der Waals surface area contributed by atoms with E-state index in [9.17, 15) is 15.0 Å². The maximum atomic E-state index is 11.3. The Labute approximate surface area is 126 Å². The largest absolute Gasteiger partial charge is 0.390 e. The van der Waals surface area contributed by atoms with Gasteiger partial charge in [-0.15, -0.1) is 0 Å². The summed E-state index contributed by atoms with van der Waals surface area (Å²) in [6.45, 7) is 3.65. The molecule has 1 fully saturated rings. The molecule has 1 heterocycles. The first kappa shape index (κ1) is 18.1. The van der Waals surface area contributed by atoms with Crippen LogP contribution >= 0.6 is 0 Å². The van der Waals surface area contributed by atoms with E-state index >= 15 is 0 Å². The Morgan fingerprint density at radius 1 is 1.43 bits per heavy atom. The van der Waals surface area contributed by atoms with E-state index in [2.05, 4.69) is 0 Å². The number of likely N-dealkylation sites (N-methyl/N-ethyl adjacent to an activating group) is 1. The molecule has 0 aromatic rings. The second kappa shape index (κ2) is 8.48. The fourth-order valence-electron chi connectivity index (χ4n) is 2.03. The number of hydrogen-bond donors (Lipinski definition) is 2. The predicted molar refractivity (Wildman–Crippen MR) is 78.6 cm³/mol. The Hall–Kier alpha value is -0.950. The van der Waals surface area contributed by atoms with Crippen molar-refractivity contribution in [1.29, 1.82) is 0 Å². The van der Waals surface area contributed by atoms with Gasteiger partial charge in [-0.1, -0.05) is 6.08 Å². The molecule has 21 heavy (non-hydrogen) atoms. The summed E-state index contributed by atoms with van der Waals surface area (Å²) >= 11 is 0. The molecular formula is C15H27NO5. The number of allylic oxidation sites excluding steroid dienone is 1. The van der Waals surface area contributed by atoms with Crippen LogP contribution < -0.4 is 0 Å². The van der Waals surface area contributed by atoms with Gasteiger partial charge in [-0.2, -0.15) is 0 Å². The van der Waals surface area contributed by atoms with E-state index in [0.717, 1.165) is 6.42 Å². The maximum Gasteiger partial charge on any atom is 0.245 e. The van der Waals surface area contributed by atoms with E-state index < -0.39 is 18.5 Å². The van der Waals surface area contributed by atoms with Crippen molar-refractivity contribution in [3.63, 3.8) is 0 Å². The smallest absolute Gasteiger partial charge is 0.245 e. The quantitative estimate of drug-likeness (QED) is 0.705. The van der Waals surface area contributed by atoms with Gasteiger partial charge in [0, 0.05) is 20.5 Å². The highest BCUT2D eigenvalue weighted by molar-refractivity contribution is 5.87. The minimum Gasteiger partial charge on any atom is -0.390 e. The van der Waals surface area contributed by atoms with Gasteiger partial charge in [0.25, 0.3) is 0 Å². The van der Waals surface area contributed by atoms with Gasteiger partial charge in [0.15, 0.2) is 6.29 Å². The summed E-state index contributed by atoms with van der Waals surface area (Å²) in [5, 5.41) is 19.4. The summed E-state index contributed by atoms with van der Waals surface area (Å²) in [6.07, 6.45) is 2.42. The van der Waals surface area contributed by atoms with E-state index in [0.29, 0.717) is 6.42 Å². The molecule has 6 nitrogen and oxygen atoms in total. The zero-order chi connectivity index (χ0) is 16.0. The lowest BCUT2D eigenvalue weighted by Crippen LogP contribution is -2.48. The summed E-state index contributed by atoms with van der Waals surface area (Å²) in [5.74, 6) is -0.0441. The molecule has 2 N–H and O–H groups in total. The second-order valence-corrected chi connectivity index (χ2v) is 5.74. The molecule has 0 aromatic heterocycles. The first-order chi connectivity index (χ1) is 9.81. The van der Waals surface area contributed by atoms with Gasteiger partial charge in [0.05, 0.1) is 18.3 Å². The molecule has 0 saturated carbocycles. The van der Waals surface area contributed by atoms with Gasteiger partial charge in [-0.05, 0) is 32.8 Å². The minimum atomic E-state index is -0.815. The fourth-order valence-corrected chi connectivity index (χ4v) is 2.03. The van der Waals surface area contributed by atoms with Crippen molar-refractivity contribution < 1.29 is 24.5 Å². The molecule has 1 aliphatic heterocycles. The van der Waals surface area contributed by atoms with Crippen molar-refractivity contribution in [1.82, 2.24) is 4.90 Å². The SMILES string of the molecule is C[C@H](CC/C=C/C(=O)N(C)C)OC1O[C@@H](C)C(O)C[C@H]1O. The molecule has 0 aliphatic carbocycles. The van der Waals surface area contributed by atoms with Crippen molar-refractivity contribution in [3.8, 4) is 0 Å². The zero-order valence-corrected chi connectivity index (χ0v) is 13.2. The number of carbonyl (C=O) groups excluding carboxylic acids is 1. The summed E-state index contributed by atoms with van der Waals surface area (Å²) in [5.41, 5.74) is 0. The minimum absolute atomic E-state index is 0.0441. The highest BCUT2D eigenvalue weighted by Gasteiger charge is 2.35. The molecule has 2 unspecified atom stereocenters. The lowest BCUT2D eigenvalue weighted by Gasteiger charge is -2.36. The van der Waals surface area contributed by atoms with Crippen molar-refractivity contribution in [2.24, 2.45) is 0 Å². The molecule has 6 heteroatoms. The van der Waals surface area contributed by atoms with Crippen LogP contribution in [-0.2, 0) is 14.3 Å². The van der Waals surface area contributed by atoms with Crippen molar-refractivity contribution in [3.05, 3.63) is 12.2 Å². The number of rotatable bonds is 6. The van der Waals surface area contributed by atoms with Gasteiger partial charge >= 0.3 is 0 Å².